The van der Waals surface area contributed by atoms with Gasteiger partial charge in [-0.3, -0.25) is 14.9 Å². The summed E-state index contributed by atoms with van der Waals surface area (Å²) in [5.74, 6) is 0.616. The van der Waals surface area contributed by atoms with Crippen molar-refractivity contribution >= 4 is 27.4 Å². The van der Waals surface area contributed by atoms with E-state index in [0.29, 0.717) is 36.1 Å². The Morgan fingerprint density at radius 3 is 2.83 bits per heavy atom. The molecule has 0 saturated heterocycles. The first-order valence-corrected chi connectivity index (χ1v) is 6.43. The number of nitro benzene ring substituents is 1. The van der Waals surface area contributed by atoms with E-state index in [1.807, 2.05) is 6.92 Å². The van der Waals surface area contributed by atoms with Gasteiger partial charge in [0, 0.05) is 18.9 Å². The highest BCUT2D eigenvalue weighted by Crippen LogP contribution is 2.33. The number of hydrogen-bond acceptors (Lipinski definition) is 4. The number of nitro groups is 1. The summed E-state index contributed by atoms with van der Waals surface area (Å²) in [6.07, 6.45) is 1.62. The molecule has 0 aliphatic carbocycles. The van der Waals surface area contributed by atoms with Gasteiger partial charge in [0.2, 0.25) is 0 Å². The third kappa shape index (κ3) is 4.10. The van der Waals surface area contributed by atoms with Crippen molar-refractivity contribution in [1.82, 2.24) is 0 Å². The summed E-state index contributed by atoms with van der Waals surface area (Å²) in [5.41, 5.74) is -0.0304. The van der Waals surface area contributed by atoms with Crippen LogP contribution in [0.1, 0.15) is 26.2 Å². The number of ketones is 1. The summed E-state index contributed by atoms with van der Waals surface area (Å²) in [7, 11) is 0. The summed E-state index contributed by atoms with van der Waals surface area (Å²) in [4.78, 5) is 21.3. The third-order valence-corrected chi connectivity index (χ3v) is 3.19. The topological polar surface area (TPSA) is 69.4 Å². The van der Waals surface area contributed by atoms with Crippen LogP contribution < -0.4 is 4.74 Å². The zero-order chi connectivity index (χ0) is 13.5. The molecule has 6 heteroatoms. The maximum absolute atomic E-state index is 11.1. The molecule has 0 aliphatic heterocycles. The van der Waals surface area contributed by atoms with Crippen molar-refractivity contribution < 1.29 is 14.5 Å². The van der Waals surface area contributed by atoms with E-state index in [9.17, 15) is 14.9 Å². The van der Waals surface area contributed by atoms with Crippen molar-refractivity contribution in [3.8, 4) is 5.75 Å². The molecule has 0 heterocycles. The van der Waals surface area contributed by atoms with E-state index in [-0.39, 0.29) is 11.5 Å². The first-order valence-electron chi connectivity index (χ1n) is 5.63. The van der Waals surface area contributed by atoms with Crippen LogP contribution in [-0.4, -0.2) is 17.3 Å². The Morgan fingerprint density at radius 1 is 1.50 bits per heavy atom. The van der Waals surface area contributed by atoms with E-state index < -0.39 is 4.92 Å². The molecular weight excluding hydrogens is 302 g/mol. The summed E-state index contributed by atoms with van der Waals surface area (Å²) in [6, 6.07) is 4.62. The van der Waals surface area contributed by atoms with Crippen molar-refractivity contribution in [2.45, 2.75) is 26.2 Å². The van der Waals surface area contributed by atoms with Gasteiger partial charge >= 0.3 is 0 Å². The van der Waals surface area contributed by atoms with Gasteiger partial charge in [-0.25, -0.2) is 0 Å². The lowest BCUT2D eigenvalue weighted by atomic mass is 10.2. The minimum Gasteiger partial charge on any atom is -0.492 e. The van der Waals surface area contributed by atoms with E-state index in [1.54, 1.807) is 12.1 Å². The van der Waals surface area contributed by atoms with Crippen LogP contribution in [-0.2, 0) is 4.79 Å². The molecule has 1 aromatic carbocycles. The van der Waals surface area contributed by atoms with Crippen LogP contribution >= 0.6 is 15.9 Å². The lowest BCUT2D eigenvalue weighted by molar-refractivity contribution is -0.385. The zero-order valence-corrected chi connectivity index (χ0v) is 11.6. The molecule has 0 spiro atoms. The van der Waals surface area contributed by atoms with E-state index in [0.717, 1.165) is 0 Å². The number of benzene rings is 1. The summed E-state index contributed by atoms with van der Waals surface area (Å²) >= 11 is 3.14. The SMILES string of the molecule is CCC(=O)CCCOc1cccc([N+](=O)[O-])c1Br. The van der Waals surface area contributed by atoms with Gasteiger partial charge in [-0.15, -0.1) is 0 Å². The van der Waals surface area contributed by atoms with Crippen molar-refractivity contribution in [2.24, 2.45) is 0 Å². The van der Waals surface area contributed by atoms with Gasteiger partial charge in [0.25, 0.3) is 5.69 Å². The van der Waals surface area contributed by atoms with Gasteiger partial charge < -0.3 is 4.74 Å². The summed E-state index contributed by atoms with van der Waals surface area (Å²) in [5, 5.41) is 10.7. The molecular formula is C12H14BrNO4. The van der Waals surface area contributed by atoms with E-state index >= 15 is 0 Å². The van der Waals surface area contributed by atoms with Gasteiger partial charge in [-0.2, -0.15) is 0 Å². The van der Waals surface area contributed by atoms with Gasteiger partial charge in [0.05, 0.1) is 11.5 Å². The minimum atomic E-state index is -0.475. The number of carbonyl (C=O) groups is 1. The number of nitrogens with zero attached hydrogens (tertiary/aromatic N) is 1. The molecule has 0 aliphatic rings. The predicted molar refractivity (Wildman–Crippen MR) is 70.8 cm³/mol. The molecule has 0 unspecified atom stereocenters. The number of halogens is 1. The Bertz CT molecular complexity index is 448. The van der Waals surface area contributed by atoms with Crippen LogP contribution in [0.25, 0.3) is 0 Å². The summed E-state index contributed by atoms with van der Waals surface area (Å²) in [6.45, 7) is 2.19. The Morgan fingerprint density at radius 2 is 2.22 bits per heavy atom. The largest absolute Gasteiger partial charge is 0.492 e. The number of Topliss-reactive ketones (excluding diaryl/α,β-unsaturated/α-hetero) is 1. The molecule has 5 nitrogen and oxygen atoms in total. The molecule has 0 saturated carbocycles. The molecule has 0 fully saturated rings. The number of hydrogen-bond donors (Lipinski definition) is 0. The average Bonchev–Trinajstić information content (AvgIpc) is 2.35. The Labute approximate surface area is 113 Å². The molecule has 0 N–H and O–H groups in total. The maximum atomic E-state index is 11.1. The quantitative estimate of drug-likeness (QED) is 0.438. The first kappa shape index (κ1) is 14.6. The highest BCUT2D eigenvalue weighted by molar-refractivity contribution is 9.10. The van der Waals surface area contributed by atoms with Gasteiger partial charge in [-0.1, -0.05) is 13.0 Å². The van der Waals surface area contributed by atoms with E-state index in [2.05, 4.69) is 15.9 Å². The molecule has 0 radical (unpaired) electrons. The van der Waals surface area contributed by atoms with Crippen molar-refractivity contribution in [2.75, 3.05) is 6.61 Å². The Hall–Kier alpha value is -1.43. The van der Waals surface area contributed by atoms with Gasteiger partial charge in [0.1, 0.15) is 16.0 Å². The molecule has 0 atom stereocenters. The van der Waals surface area contributed by atoms with Gasteiger partial charge in [0.15, 0.2) is 0 Å². The predicted octanol–water partition coefficient (Wildman–Crippen LogP) is 3.50. The van der Waals surface area contributed by atoms with Crippen LogP contribution in [0.2, 0.25) is 0 Å². The highest BCUT2D eigenvalue weighted by Gasteiger charge is 2.15. The zero-order valence-electron chi connectivity index (χ0n) is 10.0. The van der Waals surface area contributed by atoms with E-state index in [4.69, 9.17) is 4.74 Å². The molecule has 98 valence electrons. The number of rotatable bonds is 7. The van der Waals surface area contributed by atoms with Crippen LogP contribution in [0.15, 0.2) is 22.7 Å². The van der Waals surface area contributed by atoms with Crippen molar-refractivity contribution in [3.63, 3.8) is 0 Å². The molecule has 0 amide bonds. The molecule has 1 aromatic rings. The lowest BCUT2D eigenvalue weighted by Crippen LogP contribution is -2.03. The van der Waals surface area contributed by atoms with Crippen molar-refractivity contribution in [1.29, 1.82) is 0 Å². The first-order chi connectivity index (χ1) is 8.56. The minimum absolute atomic E-state index is 0.0304. The fraction of sp³-hybridized carbons (Fsp3) is 0.417. The van der Waals surface area contributed by atoms with Gasteiger partial charge in [-0.05, 0) is 28.4 Å². The normalized spacial score (nSPS) is 10.1. The van der Waals surface area contributed by atoms with E-state index in [1.165, 1.54) is 6.07 Å². The fourth-order valence-electron chi connectivity index (χ4n) is 1.38. The average molecular weight is 316 g/mol. The second-order valence-electron chi connectivity index (χ2n) is 3.69. The Kier molecular flexibility index (Phi) is 5.77. The lowest BCUT2D eigenvalue weighted by Gasteiger charge is -2.07. The molecule has 0 aromatic heterocycles. The molecule has 0 bridgehead atoms. The monoisotopic (exact) mass is 315 g/mol. The standard InChI is InChI=1S/C12H14BrNO4/c1-2-9(15)5-4-8-18-11-7-3-6-10(12(11)13)14(16)17/h3,6-7H,2,4-5,8H2,1H3. The van der Waals surface area contributed by atoms with Crippen molar-refractivity contribution in [3.05, 3.63) is 32.8 Å². The van der Waals surface area contributed by atoms with Crippen LogP contribution in [0.4, 0.5) is 5.69 Å². The smallest absolute Gasteiger partial charge is 0.287 e. The van der Waals surface area contributed by atoms with Crippen LogP contribution in [0.5, 0.6) is 5.75 Å². The maximum Gasteiger partial charge on any atom is 0.287 e. The highest BCUT2D eigenvalue weighted by atomic mass is 79.9. The summed E-state index contributed by atoms with van der Waals surface area (Å²) < 4.78 is 5.75. The number of carbonyl (C=O) groups excluding carboxylic acids is 1. The second kappa shape index (κ2) is 7.10. The molecule has 18 heavy (non-hydrogen) atoms. The number of ether oxygens (including phenoxy) is 1. The van der Waals surface area contributed by atoms with Crippen LogP contribution in [0, 0.1) is 10.1 Å². The molecule has 1 rings (SSSR count). The fourth-order valence-corrected chi connectivity index (χ4v) is 1.90. The third-order valence-electron chi connectivity index (χ3n) is 2.39. The second-order valence-corrected chi connectivity index (χ2v) is 4.48. The Balaban J connectivity index is 2.55. The van der Waals surface area contributed by atoms with Crippen LogP contribution in [0.3, 0.4) is 0 Å².